The molecule has 27 heavy (non-hydrogen) atoms. The van der Waals surface area contributed by atoms with Gasteiger partial charge in [0.15, 0.2) is 0 Å². The largest absolute Gasteiger partial charge is 0.377 e. The number of hydrogen-bond donors (Lipinski definition) is 1. The van der Waals surface area contributed by atoms with Crippen LogP contribution in [0.15, 0.2) is 42.5 Å². The topological polar surface area (TPSA) is 75.7 Å². The normalized spacial score (nSPS) is 13.5. The number of rotatable bonds is 7. The second-order valence-corrected chi connectivity index (χ2v) is 8.42. The molecule has 0 atom stereocenters. The van der Waals surface area contributed by atoms with Crippen LogP contribution in [-0.2, 0) is 34.3 Å². The minimum Gasteiger partial charge on any atom is -0.377 e. The zero-order valence-corrected chi connectivity index (χ0v) is 16.4. The number of anilines is 1. The quantitative estimate of drug-likeness (QED) is 0.791. The van der Waals surface area contributed by atoms with Gasteiger partial charge < -0.3 is 10.1 Å². The van der Waals surface area contributed by atoms with Gasteiger partial charge in [0, 0.05) is 25.3 Å². The summed E-state index contributed by atoms with van der Waals surface area (Å²) in [5.74, 6) is -0.179. The maximum Gasteiger partial charge on any atom is 0.251 e. The second kappa shape index (κ2) is 8.10. The minimum absolute atomic E-state index is 0.179. The second-order valence-electron chi connectivity index (χ2n) is 6.52. The molecule has 0 aromatic heterocycles. The molecule has 1 N–H and O–H groups in total. The van der Waals surface area contributed by atoms with Crippen LogP contribution in [-0.4, -0.2) is 33.7 Å². The Bertz CT molecular complexity index is 941. The number of ether oxygens (including phenoxy) is 1. The van der Waals surface area contributed by atoms with E-state index in [0.717, 1.165) is 16.7 Å². The molecule has 0 unspecified atom stereocenters. The van der Waals surface area contributed by atoms with Crippen molar-refractivity contribution in [1.29, 1.82) is 0 Å². The lowest BCUT2D eigenvalue weighted by Gasteiger charge is -2.16. The van der Waals surface area contributed by atoms with E-state index >= 15 is 0 Å². The van der Waals surface area contributed by atoms with E-state index in [0.29, 0.717) is 44.0 Å². The highest BCUT2D eigenvalue weighted by atomic mass is 32.2. The smallest absolute Gasteiger partial charge is 0.251 e. The first-order valence-electron chi connectivity index (χ1n) is 8.93. The Morgan fingerprint density at radius 2 is 1.93 bits per heavy atom. The van der Waals surface area contributed by atoms with Crippen molar-refractivity contribution in [3.05, 3.63) is 64.7 Å². The summed E-state index contributed by atoms with van der Waals surface area (Å²) in [5, 5.41) is 2.94. The van der Waals surface area contributed by atoms with E-state index in [1.165, 1.54) is 10.6 Å². The van der Waals surface area contributed by atoms with E-state index in [2.05, 4.69) is 5.32 Å². The number of hydrogen-bond acceptors (Lipinski definition) is 4. The number of nitrogens with one attached hydrogen (secondary N) is 1. The molecular formula is C20H24N2O4S. The zero-order chi connectivity index (χ0) is 19.4. The molecule has 7 heteroatoms. The van der Waals surface area contributed by atoms with Gasteiger partial charge in [0.2, 0.25) is 10.0 Å². The number of benzene rings is 2. The van der Waals surface area contributed by atoms with E-state index in [-0.39, 0.29) is 5.91 Å². The highest BCUT2D eigenvalue weighted by molar-refractivity contribution is 7.92. The van der Waals surface area contributed by atoms with Crippen LogP contribution in [0.2, 0.25) is 0 Å². The Morgan fingerprint density at radius 1 is 1.19 bits per heavy atom. The van der Waals surface area contributed by atoms with Crippen LogP contribution in [0.3, 0.4) is 0 Å². The number of carbonyl (C=O) groups excluding carboxylic acids is 1. The average molecular weight is 388 g/mol. The molecule has 1 amide bonds. The number of fused-ring (bicyclic) bond motifs is 1. The van der Waals surface area contributed by atoms with Gasteiger partial charge in [0.25, 0.3) is 5.91 Å². The summed E-state index contributed by atoms with van der Waals surface area (Å²) in [7, 11) is -3.29. The molecule has 0 saturated heterocycles. The lowest BCUT2D eigenvalue weighted by atomic mass is 10.1. The van der Waals surface area contributed by atoms with Crippen LogP contribution in [0.25, 0.3) is 0 Å². The van der Waals surface area contributed by atoms with Crippen molar-refractivity contribution >= 4 is 21.6 Å². The fraction of sp³-hybridized carbons (Fsp3) is 0.350. The van der Waals surface area contributed by atoms with Crippen LogP contribution < -0.4 is 9.62 Å². The van der Waals surface area contributed by atoms with Crippen molar-refractivity contribution in [2.24, 2.45) is 0 Å². The third kappa shape index (κ3) is 4.48. The molecule has 0 bridgehead atoms. The molecule has 144 valence electrons. The average Bonchev–Trinajstić information content (AvgIpc) is 3.08. The molecule has 0 fully saturated rings. The Kier molecular flexibility index (Phi) is 5.82. The van der Waals surface area contributed by atoms with Crippen LogP contribution in [0.5, 0.6) is 0 Å². The molecular weight excluding hydrogens is 364 g/mol. The summed E-state index contributed by atoms with van der Waals surface area (Å²) in [6, 6.07) is 13.0. The van der Waals surface area contributed by atoms with Crippen molar-refractivity contribution in [3.8, 4) is 0 Å². The molecule has 0 radical (unpaired) electrons. The van der Waals surface area contributed by atoms with Crippen LogP contribution in [0.1, 0.15) is 34.0 Å². The summed E-state index contributed by atoms with van der Waals surface area (Å²) in [6.45, 7) is 3.94. The molecule has 0 aliphatic carbocycles. The summed E-state index contributed by atoms with van der Waals surface area (Å²) < 4.78 is 30.5. The maximum atomic E-state index is 12.5. The van der Waals surface area contributed by atoms with Gasteiger partial charge in [0.05, 0.1) is 18.6 Å². The fourth-order valence-electron chi connectivity index (χ4n) is 3.22. The van der Waals surface area contributed by atoms with Crippen LogP contribution in [0.4, 0.5) is 5.69 Å². The van der Waals surface area contributed by atoms with Gasteiger partial charge >= 0.3 is 0 Å². The van der Waals surface area contributed by atoms with Crippen molar-refractivity contribution in [3.63, 3.8) is 0 Å². The van der Waals surface area contributed by atoms with Gasteiger partial charge in [-0.1, -0.05) is 24.3 Å². The van der Waals surface area contributed by atoms with E-state index < -0.39 is 10.0 Å². The number of amides is 1. The van der Waals surface area contributed by atoms with Gasteiger partial charge in [-0.15, -0.1) is 0 Å². The van der Waals surface area contributed by atoms with E-state index in [9.17, 15) is 13.2 Å². The van der Waals surface area contributed by atoms with E-state index in [4.69, 9.17) is 4.74 Å². The Labute approximate surface area is 160 Å². The van der Waals surface area contributed by atoms with Crippen LogP contribution >= 0.6 is 0 Å². The first kappa shape index (κ1) is 19.4. The predicted molar refractivity (Wildman–Crippen MR) is 105 cm³/mol. The molecule has 1 aliphatic rings. The molecule has 2 aromatic rings. The SMILES string of the molecule is CCOCc1ccccc1CNC(=O)c1ccc2c(c1)CCN2S(C)(=O)=O. The minimum atomic E-state index is -3.29. The molecule has 6 nitrogen and oxygen atoms in total. The Morgan fingerprint density at radius 3 is 2.63 bits per heavy atom. The lowest BCUT2D eigenvalue weighted by Crippen LogP contribution is -2.27. The van der Waals surface area contributed by atoms with Gasteiger partial charge in [-0.05, 0) is 48.2 Å². The number of carbonyl (C=O) groups is 1. The summed E-state index contributed by atoms with van der Waals surface area (Å²) in [6.07, 6.45) is 1.81. The Balaban J connectivity index is 1.70. The van der Waals surface area contributed by atoms with Crippen molar-refractivity contribution in [2.45, 2.75) is 26.5 Å². The standard InChI is InChI=1S/C20H24N2O4S/c1-3-26-14-18-7-5-4-6-17(18)13-21-20(23)16-8-9-19-15(12-16)10-11-22(19)27(2,24)25/h4-9,12H,3,10-11,13-14H2,1-2H3,(H,21,23). The maximum absolute atomic E-state index is 12.5. The Hall–Kier alpha value is -2.38. The molecule has 0 spiro atoms. The molecule has 1 heterocycles. The molecule has 0 saturated carbocycles. The summed E-state index contributed by atoms with van der Waals surface area (Å²) in [5.41, 5.74) is 4.15. The van der Waals surface area contributed by atoms with Gasteiger partial charge in [-0.2, -0.15) is 0 Å². The highest BCUT2D eigenvalue weighted by Crippen LogP contribution is 2.30. The monoisotopic (exact) mass is 388 g/mol. The van der Waals surface area contributed by atoms with E-state index in [1.54, 1.807) is 18.2 Å². The summed E-state index contributed by atoms with van der Waals surface area (Å²) >= 11 is 0. The third-order valence-electron chi connectivity index (χ3n) is 4.61. The van der Waals surface area contributed by atoms with Crippen molar-refractivity contribution in [2.75, 3.05) is 23.7 Å². The number of nitrogens with zero attached hydrogens (tertiary/aromatic N) is 1. The predicted octanol–water partition coefficient (Wildman–Crippen LogP) is 2.48. The van der Waals surface area contributed by atoms with Crippen LogP contribution in [0, 0.1) is 0 Å². The van der Waals surface area contributed by atoms with Gasteiger partial charge in [0.1, 0.15) is 0 Å². The van der Waals surface area contributed by atoms with E-state index in [1.807, 2.05) is 31.2 Å². The number of sulfonamides is 1. The highest BCUT2D eigenvalue weighted by Gasteiger charge is 2.26. The summed E-state index contributed by atoms with van der Waals surface area (Å²) in [4.78, 5) is 12.5. The first-order valence-corrected chi connectivity index (χ1v) is 10.8. The fourth-order valence-corrected chi connectivity index (χ4v) is 4.18. The van der Waals surface area contributed by atoms with Crippen molar-refractivity contribution < 1.29 is 17.9 Å². The zero-order valence-electron chi connectivity index (χ0n) is 15.6. The molecule has 2 aromatic carbocycles. The first-order chi connectivity index (χ1) is 12.9. The molecule has 1 aliphatic heterocycles. The third-order valence-corrected chi connectivity index (χ3v) is 5.79. The lowest BCUT2D eigenvalue weighted by molar-refractivity contribution is 0.0949. The van der Waals surface area contributed by atoms with Crippen molar-refractivity contribution in [1.82, 2.24) is 5.32 Å². The molecule has 3 rings (SSSR count). The van der Waals surface area contributed by atoms with Gasteiger partial charge in [-0.25, -0.2) is 8.42 Å². The van der Waals surface area contributed by atoms with Gasteiger partial charge in [-0.3, -0.25) is 9.10 Å².